The number of benzene rings is 1. The topological polar surface area (TPSA) is 30.5 Å². The Kier molecular flexibility index (Phi) is 4.97. The summed E-state index contributed by atoms with van der Waals surface area (Å²) in [4.78, 5) is 0. The molecule has 0 radical (unpaired) electrons. The molecule has 1 N–H and O–H groups in total. The highest BCUT2D eigenvalue weighted by molar-refractivity contribution is 9.10. The van der Waals surface area contributed by atoms with Crippen LogP contribution in [0.5, 0.6) is 5.75 Å². The molecule has 3 nitrogen and oxygen atoms in total. The van der Waals surface area contributed by atoms with E-state index in [-0.39, 0.29) is 5.41 Å². The summed E-state index contributed by atoms with van der Waals surface area (Å²) in [6.07, 6.45) is 2.53. The van der Waals surface area contributed by atoms with Crippen LogP contribution in [0.1, 0.15) is 33.6 Å². The molecule has 1 saturated carbocycles. The van der Waals surface area contributed by atoms with Crippen LogP contribution in [0.4, 0.5) is 5.69 Å². The van der Waals surface area contributed by atoms with Crippen molar-refractivity contribution in [3.8, 4) is 5.75 Å². The van der Waals surface area contributed by atoms with Gasteiger partial charge in [-0.05, 0) is 47.8 Å². The minimum absolute atomic E-state index is 0.193. The van der Waals surface area contributed by atoms with Crippen molar-refractivity contribution in [2.45, 2.75) is 45.8 Å². The largest absolute Gasteiger partial charge is 0.497 e. The van der Waals surface area contributed by atoms with Crippen molar-refractivity contribution in [1.82, 2.24) is 0 Å². The normalized spacial score (nSPS) is 28.9. The minimum Gasteiger partial charge on any atom is -0.497 e. The summed E-state index contributed by atoms with van der Waals surface area (Å²) in [5, 5.41) is 3.64. The maximum Gasteiger partial charge on any atom is 0.121 e. The van der Waals surface area contributed by atoms with Crippen LogP contribution < -0.4 is 10.1 Å². The van der Waals surface area contributed by atoms with Gasteiger partial charge >= 0.3 is 0 Å². The Morgan fingerprint density at radius 2 is 2.15 bits per heavy atom. The summed E-state index contributed by atoms with van der Waals surface area (Å²) < 4.78 is 12.2. The third kappa shape index (κ3) is 2.82. The van der Waals surface area contributed by atoms with Crippen molar-refractivity contribution in [1.29, 1.82) is 0 Å². The maximum absolute atomic E-state index is 5.85. The second kappa shape index (κ2) is 6.35. The minimum atomic E-state index is 0.193. The summed E-state index contributed by atoms with van der Waals surface area (Å²) in [7, 11) is 1.69. The number of halogens is 1. The van der Waals surface area contributed by atoms with Gasteiger partial charge in [0, 0.05) is 28.6 Å². The Morgan fingerprint density at radius 1 is 1.40 bits per heavy atom. The second-order valence-corrected chi connectivity index (χ2v) is 6.44. The summed E-state index contributed by atoms with van der Waals surface area (Å²) in [6.45, 7) is 7.40. The van der Waals surface area contributed by atoms with Gasteiger partial charge < -0.3 is 14.8 Å². The third-order valence-electron chi connectivity index (χ3n) is 4.61. The fourth-order valence-electron chi connectivity index (χ4n) is 2.90. The molecule has 1 fully saturated rings. The Morgan fingerprint density at radius 3 is 2.75 bits per heavy atom. The fourth-order valence-corrected chi connectivity index (χ4v) is 3.26. The molecule has 0 heterocycles. The van der Waals surface area contributed by atoms with E-state index in [2.05, 4.69) is 42.0 Å². The number of nitrogens with one attached hydrogen (secondary N) is 1. The van der Waals surface area contributed by atoms with Crippen molar-refractivity contribution < 1.29 is 9.47 Å². The number of ether oxygens (including phenoxy) is 2. The molecule has 3 unspecified atom stereocenters. The van der Waals surface area contributed by atoms with Crippen molar-refractivity contribution in [2.75, 3.05) is 19.0 Å². The number of hydrogen-bond acceptors (Lipinski definition) is 3. The van der Waals surface area contributed by atoms with Crippen LogP contribution in [0, 0.1) is 5.41 Å². The first-order valence-corrected chi connectivity index (χ1v) is 8.06. The quantitative estimate of drug-likeness (QED) is 0.828. The number of rotatable bonds is 6. The predicted octanol–water partition coefficient (Wildman–Crippen LogP) is 4.46. The van der Waals surface area contributed by atoms with Gasteiger partial charge in [0.05, 0.1) is 18.9 Å². The molecule has 1 aliphatic carbocycles. The van der Waals surface area contributed by atoms with Crippen molar-refractivity contribution in [3.63, 3.8) is 0 Å². The fraction of sp³-hybridized carbons (Fsp3) is 0.625. The number of methoxy groups -OCH3 is 1. The third-order valence-corrected chi connectivity index (χ3v) is 5.31. The highest BCUT2D eigenvalue weighted by Gasteiger charge is 2.51. The molecule has 112 valence electrons. The molecular formula is C16H24BrNO2. The Labute approximate surface area is 130 Å². The van der Waals surface area contributed by atoms with E-state index < -0.39 is 0 Å². The molecule has 4 heteroatoms. The summed E-state index contributed by atoms with van der Waals surface area (Å²) in [5.74, 6) is 0.870. The molecule has 1 aliphatic rings. The zero-order valence-corrected chi connectivity index (χ0v) is 14.3. The Hall–Kier alpha value is -0.740. The molecule has 1 aromatic carbocycles. The van der Waals surface area contributed by atoms with Crippen LogP contribution in [-0.2, 0) is 4.74 Å². The molecule has 0 spiro atoms. The summed E-state index contributed by atoms with van der Waals surface area (Å²) >= 11 is 3.60. The lowest BCUT2D eigenvalue weighted by Crippen LogP contribution is -2.59. The van der Waals surface area contributed by atoms with Gasteiger partial charge in [-0.1, -0.05) is 13.8 Å². The smallest absolute Gasteiger partial charge is 0.121 e. The zero-order chi connectivity index (χ0) is 14.8. The summed E-state index contributed by atoms with van der Waals surface area (Å²) in [5.41, 5.74) is 1.28. The number of anilines is 1. The first-order valence-electron chi connectivity index (χ1n) is 7.26. The standard InChI is InChI=1S/C16H24BrNO2/c1-5-16(3)14(10-15(16)20-6-2)18-13-9-11(19-4)7-8-12(13)17/h7-9,14-15,18H,5-6,10H2,1-4H3. The van der Waals surface area contributed by atoms with Gasteiger partial charge in [-0.25, -0.2) is 0 Å². The van der Waals surface area contributed by atoms with Crippen LogP contribution in [0.3, 0.4) is 0 Å². The van der Waals surface area contributed by atoms with Gasteiger partial charge in [0.1, 0.15) is 5.75 Å². The SMILES string of the molecule is CCOC1CC(Nc2cc(OC)ccc2Br)C1(C)CC. The molecule has 0 aromatic heterocycles. The van der Waals surface area contributed by atoms with Gasteiger partial charge in [0.25, 0.3) is 0 Å². The average Bonchev–Trinajstić information content (AvgIpc) is 2.47. The van der Waals surface area contributed by atoms with Crippen LogP contribution in [0.15, 0.2) is 22.7 Å². The van der Waals surface area contributed by atoms with Crippen molar-refractivity contribution >= 4 is 21.6 Å². The lowest BCUT2D eigenvalue weighted by Gasteiger charge is -2.54. The van der Waals surface area contributed by atoms with Gasteiger partial charge in [0.15, 0.2) is 0 Å². The van der Waals surface area contributed by atoms with E-state index in [1.54, 1.807) is 7.11 Å². The highest BCUT2D eigenvalue weighted by Crippen LogP contribution is 2.48. The molecule has 1 aromatic rings. The van der Waals surface area contributed by atoms with E-state index in [0.717, 1.165) is 35.4 Å². The van der Waals surface area contributed by atoms with E-state index in [4.69, 9.17) is 9.47 Å². The molecular weight excluding hydrogens is 318 g/mol. The molecule has 20 heavy (non-hydrogen) atoms. The van der Waals surface area contributed by atoms with Crippen LogP contribution >= 0.6 is 15.9 Å². The molecule has 3 atom stereocenters. The van der Waals surface area contributed by atoms with Gasteiger partial charge in [-0.15, -0.1) is 0 Å². The van der Waals surface area contributed by atoms with Crippen LogP contribution in [0.25, 0.3) is 0 Å². The van der Waals surface area contributed by atoms with Gasteiger partial charge in [-0.3, -0.25) is 0 Å². The Balaban J connectivity index is 2.11. The van der Waals surface area contributed by atoms with Crippen LogP contribution in [-0.4, -0.2) is 25.9 Å². The predicted molar refractivity (Wildman–Crippen MR) is 86.5 cm³/mol. The second-order valence-electron chi connectivity index (χ2n) is 5.58. The van der Waals surface area contributed by atoms with Crippen molar-refractivity contribution in [2.24, 2.45) is 5.41 Å². The molecule has 2 rings (SSSR count). The summed E-state index contributed by atoms with van der Waals surface area (Å²) in [6, 6.07) is 6.45. The first kappa shape index (κ1) is 15.6. The Bertz CT molecular complexity index is 466. The van der Waals surface area contributed by atoms with Gasteiger partial charge in [0.2, 0.25) is 0 Å². The molecule has 0 aliphatic heterocycles. The molecule has 0 saturated heterocycles. The van der Waals surface area contributed by atoms with Gasteiger partial charge in [-0.2, -0.15) is 0 Å². The molecule has 0 amide bonds. The van der Waals surface area contributed by atoms with Crippen LogP contribution in [0.2, 0.25) is 0 Å². The van der Waals surface area contributed by atoms with E-state index in [0.29, 0.717) is 12.1 Å². The maximum atomic E-state index is 5.85. The number of hydrogen-bond donors (Lipinski definition) is 1. The van der Waals surface area contributed by atoms with Crippen molar-refractivity contribution in [3.05, 3.63) is 22.7 Å². The zero-order valence-electron chi connectivity index (χ0n) is 12.7. The lowest BCUT2D eigenvalue weighted by atomic mass is 9.61. The monoisotopic (exact) mass is 341 g/mol. The highest BCUT2D eigenvalue weighted by atomic mass is 79.9. The lowest BCUT2D eigenvalue weighted by molar-refractivity contribution is -0.109. The van der Waals surface area contributed by atoms with E-state index >= 15 is 0 Å². The first-order chi connectivity index (χ1) is 9.55. The van der Waals surface area contributed by atoms with E-state index in [1.807, 2.05) is 18.2 Å². The average molecular weight is 342 g/mol. The molecule has 0 bridgehead atoms. The van der Waals surface area contributed by atoms with E-state index in [9.17, 15) is 0 Å². The van der Waals surface area contributed by atoms with E-state index in [1.165, 1.54) is 0 Å².